The number of carbonyl (C=O) groups is 1. The number of aromatic nitrogens is 1. The van der Waals surface area contributed by atoms with E-state index in [0.29, 0.717) is 0 Å². The molecule has 2 aromatic rings. The molecule has 0 saturated carbocycles. The highest BCUT2D eigenvalue weighted by molar-refractivity contribution is 6.04. The predicted molar refractivity (Wildman–Crippen MR) is 68.1 cm³/mol. The molecular weight excluding hydrogens is 269 g/mol. The van der Waals surface area contributed by atoms with Gasteiger partial charge in [0.25, 0.3) is 11.6 Å². The minimum absolute atomic E-state index is 0.107. The Morgan fingerprint density at radius 2 is 2.10 bits per heavy atom. The number of anilines is 1. The molecule has 0 radical (unpaired) electrons. The van der Waals surface area contributed by atoms with Crippen LogP contribution in [0, 0.1) is 15.9 Å². The number of hydrogen-bond acceptors (Lipinski definition) is 4. The number of rotatable bonds is 3. The maximum atomic E-state index is 13.2. The van der Waals surface area contributed by atoms with Crippen molar-refractivity contribution in [2.45, 2.75) is 0 Å². The number of pyridine rings is 1. The first-order chi connectivity index (χ1) is 9.47. The van der Waals surface area contributed by atoms with Crippen LogP contribution < -0.4 is 10.7 Å². The van der Waals surface area contributed by atoms with Gasteiger partial charge in [0.1, 0.15) is 11.4 Å². The lowest BCUT2D eigenvalue weighted by Gasteiger charge is -2.04. The standard InChI is InChI=1S/C12H8FN3O4/c13-7-3-8(5-9(4-7)16(19)20)15-12(18)10-6-14-2-1-11(10)17/h1-6H,(H,14,17)(H,15,18). The van der Waals surface area contributed by atoms with E-state index < -0.39 is 27.8 Å². The van der Waals surface area contributed by atoms with Gasteiger partial charge in [0.05, 0.1) is 16.7 Å². The van der Waals surface area contributed by atoms with E-state index in [1.165, 1.54) is 12.4 Å². The maximum Gasteiger partial charge on any atom is 0.274 e. The van der Waals surface area contributed by atoms with Crippen LogP contribution in [0.15, 0.2) is 41.5 Å². The third kappa shape index (κ3) is 2.86. The summed E-state index contributed by atoms with van der Waals surface area (Å²) in [6, 6.07) is 3.80. The number of carbonyl (C=O) groups excluding carboxylic acids is 1. The van der Waals surface area contributed by atoms with E-state index in [1.807, 2.05) is 0 Å². The number of nitrogens with zero attached hydrogens (tertiary/aromatic N) is 1. The fraction of sp³-hybridized carbons (Fsp3) is 0. The van der Waals surface area contributed by atoms with Gasteiger partial charge in [-0.1, -0.05) is 0 Å². The molecule has 0 aliphatic rings. The summed E-state index contributed by atoms with van der Waals surface area (Å²) in [5.74, 6) is -1.65. The molecule has 0 aliphatic carbocycles. The van der Waals surface area contributed by atoms with Gasteiger partial charge in [-0.05, 0) is 6.07 Å². The second-order valence-corrected chi connectivity index (χ2v) is 3.83. The van der Waals surface area contributed by atoms with Crippen molar-refractivity contribution in [2.24, 2.45) is 0 Å². The van der Waals surface area contributed by atoms with Crippen LogP contribution in [0.25, 0.3) is 0 Å². The van der Waals surface area contributed by atoms with E-state index in [2.05, 4.69) is 10.3 Å². The van der Waals surface area contributed by atoms with Gasteiger partial charge in [0, 0.05) is 24.5 Å². The Bertz CT molecular complexity index is 741. The van der Waals surface area contributed by atoms with Crippen molar-refractivity contribution in [1.29, 1.82) is 0 Å². The van der Waals surface area contributed by atoms with Crippen LogP contribution in [0.4, 0.5) is 15.8 Å². The Balaban J connectivity index is 2.31. The second kappa shape index (κ2) is 5.31. The molecule has 0 fully saturated rings. The van der Waals surface area contributed by atoms with E-state index in [9.17, 15) is 24.1 Å². The first-order valence-electron chi connectivity index (χ1n) is 5.41. The number of benzene rings is 1. The molecule has 20 heavy (non-hydrogen) atoms. The number of nitrogens with one attached hydrogen (secondary N) is 2. The van der Waals surface area contributed by atoms with Crippen molar-refractivity contribution in [2.75, 3.05) is 5.32 Å². The molecule has 7 nitrogen and oxygen atoms in total. The second-order valence-electron chi connectivity index (χ2n) is 3.83. The van der Waals surface area contributed by atoms with Gasteiger partial charge in [-0.25, -0.2) is 4.39 Å². The van der Waals surface area contributed by atoms with Crippen molar-refractivity contribution in [3.8, 4) is 0 Å². The molecule has 0 unspecified atom stereocenters. The lowest BCUT2D eigenvalue weighted by molar-refractivity contribution is -0.385. The summed E-state index contributed by atoms with van der Waals surface area (Å²) in [6.45, 7) is 0. The van der Waals surface area contributed by atoms with Gasteiger partial charge in [0.2, 0.25) is 0 Å². The van der Waals surface area contributed by atoms with Gasteiger partial charge in [-0.2, -0.15) is 0 Å². The number of nitro benzene ring substituents is 1. The number of nitro groups is 1. The van der Waals surface area contributed by atoms with Crippen LogP contribution in [0.3, 0.4) is 0 Å². The molecule has 8 heteroatoms. The van der Waals surface area contributed by atoms with E-state index in [0.717, 1.165) is 24.3 Å². The molecule has 0 spiro atoms. The Morgan fingerprint density at radius 3 is 2.75 bits per heavy atom. The van der Waals surface area contributed by atoms with Crippen LogP contribution in [0.2, 0.25) is 0 Å². The first-order valence-corrected chi connectivity index (χ1v) is 5.41. The van der Waals surface area contributed by atoms with Crippen molar-refractivity contribution in [1.82, 2.24) is 4.98 Å². The quantitative estimate of drug-likeness (QED) is 0.657. The monoisotopic (exact) mass is 277 g/mol. The number of halogens is 1. The van der Waals surface area contributed by atoms with E-state index in [4.69, 9.17) is 0 Å². The summed E-state index contributed by atoms with van der Waals surface area (Å²) in [5.41, 5.74) is -1.31. The molecular formula is C12H8FN3O4. The normalized spacial score (nSPS) is 10.1. The fourth-order valence-corrected chi connectivity index (χ4v) is 1.54. The molecule has 1 aromatic heterocycles. The molecule has 0 atom stereocenters. The summed E-state index contributed by atoms with van der Waals surface area (Å²) in [4.78, 5) is 35.6. The van der Waals surface area contributed by atoms with Crippen LogP contribution in [-0.4, -0.2) is 15.8 Å². The molecule has 0 aliphatic heterocycles. The minimum Gasteiger partial charge on any atom is -0.367 e. The first kappa shape index (κ1) is 13.4. The zero-order chi connectivity index (χ0) is 14.7. The van der Waals surface area contributed by atoms with Gasteiger partial charge >= 0.3 is 0 Å². The van der Waals surface area contributed by atoms with E-state index in [-0.39, 0.29) is 11.3 Å². The van der Waals surface area contributed by atoms with Crippen molar-refractivity contribution >= 4 is 17.3 Å². The Kier molecular flexibility index (Phi) is 3.56. The average molecular weight is 277 g/mol. The van der Waals surface area contributed by atoms with Gasteiger partial charge in [-0.3, -0.25) is 19.7 Å². The number of H-pyrrole nitrogens is 1. The Morgan fingerprint density at radius 1 is 1.35 bits per heavy atom. The molecule has 2 N–H and O–H groups in total. The van der Waals surface area contributed by atoms with Crippen molar-refractivity contribution in [3.05, 3.63) is 68.4 Å². The van der Waals surface area contributed by atoms with Gasteiger partial charge in [-0.15, -0.1) is 0 Å². The van der Waals surface area contributed by atoms with Crippen LogP contribution in [0.5, 0.6) is 0 Å². The predicted octanol–water partition coefficient (Wildman–Crippen LogP) is 1.67. The summed E-state index contributed by atoms with van der Waals surface area (Å²) in [7, 11) is 0. The van der Waals surface area contributed by atoms with Gasteiger partial charge in [0.15, 0.2) is 5.43 Å². The van der Waals surface area contributed by atoms with Crippen LogP contribution in [0.1, 0.15) is 10.4 Å². The highest BCUT2D eigenvalue weighted by Crippen LogP contribution is 2.20. The van der Waals surface area contributed by atoms with E-state index in [1.54, 1.807) is 0 Å². The lowest BCUT2D eigenvalue weighted by atomic mass is 10.2. The maximum absolute atomic E-state index is 13.2. The Labute approximate surface area is 111 Å². The van der Waals surface area contributed by atoms with E-state index >= 15 is 0 Å². The van der Waals surface area contributed by atoms with Gasteiger partial charge < -0.3 is 10.3 Å². The highest BCUT2D eigenvalue weighted by atomic mass is 19.1. The zero-order valence-electron chi connectivity index (χ0n) is 9.92. The fourth-order valence-electron chi connectivity index (χ4n) is 1.54. The number of hydrogen-bond donors (Lipinski definition) is 2. The van der Waals surface area contributed by atoms with Crippen LogP contribution in [-0.2, 0) is 0 Å². The summed E-state index contributed by atoms with van der Waals surface area (Å²) >= 11 is 0. The number of non-ortho nitro benzene ring substituents is 1. The molecule has 1 amide bonds. The summed E-state index contributed by atoms with van der Waals surface area (Å²) < 4.78 is 13.2. The van der Waals surface area contributed by atoms with Crippen molar-refractivity contribution < 1.29 is 14.1 Å². The molecule has 102 valence electrons. The topological polar surface area (TPSA) is 105 Å². The number of amides is 1. The molecule has 1 aromatic carbocycles. The molecule has 2 rings (SSSR count). The zero-order valence-corrected chi connectivity index (χ0v) is 9.92. The Hall–Kier alpha value is -3.03. The average Bonchev–Trinajstić information content (AvgIpc) is 2.38. The highest BCUT2D eigenvalue weighted by Gasteiger charge is 2.14. The minimum atomic E-state index is -0.864. The summed E-state index contributed by atoms with van der Waals surface area (Å²) in [5, 5.41) is 12.8. The molecule has 0 saturated heterocycles. The largest absolute Gasteiger partial charge is 0.367 e. The SMILES string of the molecule is O=C(Nc1cc(F)cc([N+](=O)[O-])c1)c1c[nH]ccc1=O. The lowest BCUT2D eigenvalue weighted by Crippen LogP contribution is -2.20. The number of aromatic amines is 1. The summed E-state index contributed by atoms with van der Waals surface area (Å²) in [6.07, 6.45) is 2.54. The molecule has 1 heterocycles. The van der Waals surface area contributed by atoms with Crippen molar-refractivity contribution in [3.63, 3.8) is 0 Å². The molecule has 0 bridgehead atoms. The smallest absolute Gasteiger partial charge is 0.274 e. The van der Waals surface area contributed by atoms with Crippen LogP contribution >= 0.6 is 0 Å². The third-order valence-corrected chi connectivity index (χ3v) is 2.42. The third-order valence-electron chi connectivity index (χ3n) is 2.42.